The van der Waals surface area contributed by atoms with Crippen molar-refractivity contribution < 1.29 is 5.11 Å². The molecule has 1 aromatic heterocycles. The van der Waals surface area contributed by atoms with Gasteiger partial charge in [0.2, 0.25) is 0 Å². The Kier molecular flexibility index (Phi) is 5.34. The van der Waals surface area contributed by atoms with Gasteiger partial charge in [0.1, 0.15) is 12.2 Å². The lowest BCUT2D eigenvalue weighted by Gasteiger charge is -2.25. The monoisotopic (exact) mass is 266 g/mol. The first-order valence-corrected chi connectivity index (χ1v) is 7.40. The lowest BCUT2D eigenvalue weighted by atomic mass is 9.87. The maximum absolute atomic E-state index is 9.65. The molecule has 1 fully saturated rings. The van der Waals surface area contributed by atoms with Crippen molar-refractivity contribution in [1.29, 1.82) is 0 Å². The molecule has 2 unspecified atom stereocenters. The van der Waals surface area contributed by atoms with E-state index in [-0.39, 0.29) is 6.10 Å². The third-order valence-electron chi connectivity index (χ3n) is 3.71. The molecule has 0 spiro atoms. The van der Waals surface area contributed by atoms with E-state index in [4.69, 9.17) is 0 Å². The predicted molar refractivity (Wildman–Crippen MR) is 74.5 cm³/mol. The first-order valence-electron chi connectivity index (χ1n) is 7.40. The number of nitrogens with one attached hydrogen (secondary N) is 1. The fourth-order valence-electron chi connectivity index (χ4n) is 2.76. The zero-order valence-corrected chi connectivity index (χ0v) is 12.0. The minimum Gasteiger partial charge on any atom is -0.393 e. The van der Waals surface area contributed by atoms with E-state index < -0.39 is 0 Å². The first-order chi connectivity index (χ1) is 9.15. The molecule has 108 valence electrons. The Morgan fingerprint density at radius 2 is 2.32 bits per heavy atom. The average Bonchev–Trinajstić information content (AvgIpc) is 2.76. The predicted octanol–water partition coefficient (Wildman–Crippen LogP) is 1.57. The summed E-state index contributed by atoms with van der Waals surface area (Å²) in [5, 5.41) is 17.4. The summed E-state index contributed by atoms with van der Waals surface area (Å²) in [7, 11) is 0. The second-order valence-corrected chi connectivity index (χ2v) is 6.07. The van der Waals surface area contributed by atoms with Crippen LogP contribution in [0.15, 0.2) is 6.33 Å². The highest BCUT2D eigenvalue weighted by Gasteiger charge is 2.19. The van der Waals surface area contributed by atoms with Crippen LogP contribution in [0.5, 0.6) is 0 Å². The maximum atomic E-state index is 9.65. The number of rotatable bonds is 6. The van der Waals surface area contributed by atoms with Crippen LogP contribution in [0.1, 0.15) is 45.4 Å². The summed E-state index contributed by atoms with van der Waals surface area (Å²) < 4.78 is 1.98. The van der Waals surface area contributed by atoms with Crippen LogP contribution in [0, 0.1) is 11.8 Å². The van der Waals surface area contributed by atoms with E-state index in [1.807, 2.05) is 4.68 Å². The highest BCUT2D eigenvalue weighted by atomic mass is 16.3. The Balaban J connectivity index is 1.74. The summed E-state index contributed by atoms with van der Waals surface area (Å²) in [5.41, 5.74) is 0. The molecule has 0 aromatic carbocycles. The van der Waals surface area contributed by atoms with Crippen molar-refractivity contribution in [3.63, 3.8) is 0 Å². The number of nitrogens with zero attached hydrogens (tertiary/aromatic N) is 3. The molecule has 5 heteroatoms. The molecule has 1 saturated carbocycles. The maximum Gasteiger partial charge on any atom is 0.140 e. The Labute approximate surface area is 115 Å². The minimum atomic E-state index is -0.0925. The van der Waals surface area contributed by atoms with Crippen LogP contribution in [0.3, 0.4) is 0 Å². The summed E-state index contributed by atoms with van der Waals surface area (Å²) in [5.74, 6) is 2.18. The van der Waals surface area contributed by atoms with E-state index in [1.165, 1.54) is 6.42 Å². The largest absolute Gasteiger partial charge is 0.393 e. The van der Waals surface area contributed by atoms with Gasteiger partial charge in [0.15, 0.2) is 0 Å². The number of hydrogen-bond donors (Lipinski definition) is 2. The van der Waals surface area contributed by atoms with Crippen LogP contribution in [0.2, 0.25) is 0 Å². The SMILES string of the molecule is CC(C)Cn1ncnc1CNCC1CCCC(O)C1. The van der Waals surface area contributed by atoms with Gasteiger partial charge in [0.05, 0.1) is 12.6 Å². The van der Waals surface area contributed by atoms with E-state index in [1.54, 1.807) is 6.33 Å². The van der Waals surface area contributed by atoms with Gasteiger partial charge in [-0.1, -0.05) is 20.3 Å². The second-order valence-electron chi connectivity index (χ2n) is 6.07. The summed E-state index contributed by atoms with van der Waals surface area (Å²) in [4.78, 5) is 4.31. The van der Waals surface area contributed by atoms with Crippen LogP contribution in [0.25, 0.3) is 0 Å². The number of hydrogen-bond acceptors (Lipinski definition) is 4. The number of aliphatic hydroxyl groups excluding tert-OH is 1. The highest BCUT2D eigenvalue weighted by molar-refractivity contribution is 4.85. The summed E-state index contributed by atoms with van der Waals surface area (Å²) >= 11 is 0. The molecule has 0 radical (unpaired) electrons. The van der Waals surface area contributed by atoms with Crippen molar-refractivity contribution in [2.45, 2.75) is 58.7 Å². The third kappa shape index (κ3) is 4.58. The Bertz CT molecular complexity index is 377. The van der Waals surface area contributed by atoms with E-state index in [0.717, 1.165) is 44.7 Å². The van der Waals surface area contributed by atoms with Gasteiger partial charge < -0.3 is 10.4 Å². The van der Waals surface area contributed by atoms with Gasteiger partial charge in [-0.2, -0.15) is 5.10 Å². The molecular weight excluding hydrogens is 240 g/mol. The van der Waals surface area contributed by atoms with E-state index in [2.05, 4.69) is 29.2 Å². The molecule has 0 bridgehead atoms. The van der Waals surface area contributed by atoms with Crippen LogP contribution < -0.4 is 5.32 Å². The summed E-state index contributed by atoms with van der Waals surface area (Å²) in [6.07, 6.45) is 5.82. The van der Waals surface area contributed by atoms with Crippen molar-refractivity contribution in [3.8, 4) is 0 Å². The molecular formula is C14H26N4O. The smallest absolute Gasteiger partial charge is 0.140 e. The molecule has 2 atom stereocenters. The van der Waals surface area contributed by atoms with Crippen molar-refractivity contribution in [2.24, 2.45) is 11.8 Å². The second kappa shape index (κ2) is 7.01. The van der Waals surface area contributed by atoms with Crippen molar-refractivity contribution in [3.05, 3.63) is 12.2 Å². The van der Waals surface area contributed by atoms with Crippen molar-refractivity contribution in [1.82, 2.24) is 20.1 Å². The van der Waals surface area contributed by atoms with Gasteiger partial charge in [0, 0.05) is 6.54 Å². The van der Waals surface area contributed by atoms with Gasteiger partial charge in [-0.3, -0.25) is 0 Å². The quantitative estimate of drug-likeness (QED) is 0.820. The molecule has 1 aromatic rings. The van der Waals surface area contributed by atoms with Crippen LogP contribution in [0.4, 0.5) is 0 Å². The molecule has 2 N–H and O–H groups in total. The lowest BCUT2D eigenvalue weighted by molar-refractivity contribution is 0.100. The standard InChI is InChI=1S/C14H26N4O/c1-11(2)9-18-14(16-10-17-18)8-15-7-12-4-3-5-13(19)6-12/h10-13,15,19H,3-9H2,1-2H3. The molecule has 0 aliphatic heterocycles. The Hall–Kier alpha value is -0.940. The highest BCUT2D eigenvalue weighted by Crippen LogP contribution is 2.23. The van der Waals surface area contributed by atoms with Crippen molar-refractivity contribution >= 4 is 0 Å². The molecule has 5 nitrogen and oxygen atoms in total. The Morgan fingerprint density at radius 3 is 3.05 bits per heavy atom. The minimum absolute atomic E-state index is 0.0925. The van der Waals surface area contributed by atoms with Gasteiger partial charge in [0.25, 0.3) is 0 Å². The van der Waals surface area contributed by atoms with E-state index in [0.29, 0.717) is 11.8 Å². The average molecular weight is 266 g/mol. The fraction of sp³-hybridized carbons (Fsp3) is 0.857. The Morgan fingerprint density at radius 1 is 1.47 bits per heavy atom. The molecule has 2 rings (SSSR count). The van der Waals surface area contributed by atoms with Crippen LogP contribution >= 0.6 is 0 Å². The normalized spacial score (nSPS) is 24.0. The zero-order chi connectivity index (χ0) is 13.7. The van der Waals surface area contributed by atoms with Crippen LogP contribution in [-0.4, -0.2) is 32.5 Å². The van der Waals surface area contributed by atoms with Gasteiger partial charge in [-0.05, 0) is 37.6 Å². The first kappa shape index (κ1) is 14.5. The summed E-state index contributed by atoms with van der Waals surface area (Å²) in [6.45, 7) is 7.01. The molecule has 19 heavy (non-hydrogen) atoms. The van der Waals surface area contributed by atoms with Gasteiger partial charge >= 0.3 is 0 Å². The lowest BCUT2D eigenvalue weighted by Crippen LogP contribution is -2.29. The molecule has 1 aliphatic rings. The molecule has 0 amide bonds. The molecule has 1 aliphatic carbocycles. The van der Waals surface area contributed by atoms with E-state index >= 15 is 0 Å². The fourth-order valence-corrected chi connectivity index (χ4v) is 2.76. The molecule has 0 saturated heterocycles. The van der Waals surface area contributed by atoms with Crippen molar-refractivity contribution in [2.75, 3.05) is 6.54 Å². The van der Waals surface area contributed by atoms with Crippen LogP contribution in [-0.2, 0) is 13.1 Å². The zero-order valence-electron chi connectivity index (χ0n) is 12.0. The molecule has 1 heterocycles. The summed E-state index contributed by atoms with van der Waals surface area (Å²) in [6, 6.07) is 0. The van der Waals surface area contributed by atoms with Gasteiger partial charge in [-0.15, -0.1) is 0 Å². The van der Waals surface area contributed by atoms with E-state index in [9.17, 15) is 5.11 Å². The number of aromatic nitrogens is 3. The third-order valence-corrected chi connectivity index (χ3v) is 3.71. The number of aliphatic hydroxyl groups is 1. The topological polar surface area (TPSA) is 63.0 Å². The van der Waals surface area contributed by atoms with Gasteiger partial charge in [-0.25, -0.2) is 9.67 Å².